The van der Waals surface area contributed by atoms with Gasteiger partial charge < -0.3 is 0 Å². The summed E-state index contributed by atoms with van der Waals surface area (Å²) >= 11 is 0. The number of aromatic nitrogens is 2. The molecule has 0 spiro atoms. The van der Waals surface area contributed by atoms with E-state index in [-0.39, 0.29) is 0 Å². The first-order valence-corrected chi connectivity index (χ1v) is 6.03. The number of rotatable bonds is 0. The number of hydrogen-bond acceptors (Lipinski definition) is 2. The highest BCUT2D eigenvalue weighted by Gasteiger charge is 2.00. The maximum Gasteiger partial charge on any atom is 0.125 e. The van der Waals surface area contributed by atoms with Crippen molar-refractivity contribution < 1.29 is 0 Å². The molecule has 16 heavy (non-hydrogen) atoms. The molecule has 0 N–H and O–H groups in total. The normalized spacial score (nSPS) is 11.3. The Labute approximate surface area is 99.1 Å². The lowest BCUT2D eigenvalue weighted by Gasteiger charge is -1.98. The lowest BCUT2D eigenvalue weighted by atomic mass is 10.2. The van der Waals surface area contributed by atoms with Gasteiger partial charge in [-0.25, -0.2) is 9.97 Å². The van der Waals surface area contributed by atoms with E-state index in [1.54, 1.807) is 0 Å². The summed E-state index contributed by atoms with van der Waals surface area (Å²) in [5.74, 6) is 0.828. The lowest BCUT2D eigenvalue weighted by molar-refractivity contribution is 1.04. The zero-order chi connectivity index (χ0) is 12.4. The number of fused-ring (bicyclic) bond motifs is 1. The average molecular weight is 218 g/mol. The molecule has 1 aliphatic carbocycles. The largest absolute Gasteiger partial charge is 0.241 e. The highest BCUT2D eigenvalue weighted by molar-refractivity contribution is 5.63. The predicted molar refractivity (Wildman–Crippen MR) is 72.2 cm³/mol. The molecular weight excluding hydrogens is 196 g/mol. The van der Waals surface area contributed by atoms with E-state index >= 15 is 0 Å². The van der Waals surface area contributed by atoms with Crippen LogP contribution in [0.25, 0.3) is 12.2 Å². The Morgan fingerprint density at radius 3 is 2.31 bits per heavy atom. The van der Waals surface area contributed by atoms with Gasteiger partial charge in [0.05, 0.1) is 5.69 Å². The molecule has 0 saturated carbocycles. The van der Waals surface area contributed by atoms with Crippen LogP contribution in [0, 0.1) is 6.92 Å². The molecular formula is C14H22N2. The molecule has 0 radical (unpaired) electrons. The van der Waals surface area contributed by atoms with Gasteiger partial charge in [-0.3, -0.25) is 0 Å². The van der Waals surface area contributed by atoms with Crippen LogP contribution >= 0.6 is 0 Å². The van der Waals surface area contributed by atoms with Crippen molar-refractivity contribution in [2.24, 2.45) is 0 Å². The van der Waals surface area contributed by atoms with Gasteiger partial charge >= 0.3 is 0 Å². The third-order valence-electron chi connectivity index (χ3n) is 1.81. The Morgan fingerprint density at radius 2 is 1.62 bits per heavy atom. The molecule has 0 amide bonds. The summed E-state index contributed by atoms with van der Waals surface area (Å²) in [7, 11) is 0. The molecule has 0 aromatic carbocycles. The predicted octanol–water partition coefficient (Wildman–Crippen LogP) is 4.27. The van der Waals surface area contributed by atoms with Gasteiger partial charge in [0.25, 0.3) is 0 Å². The Balaban J connectivity index is 0.000000509. The van der Waals surface area contributed by atoms with Crippen LogP contribution in [-0.2, 0) is 0 Å². The second kappa shape index (κ2) is 8.84. The molecule has 0 bridgehead atoms. The highest BCUT2D eigenvalue weighted by Crippen LogP contribution is 2.13. The zero-order valence-electron chi connectivity index (χ0n) is 11.0. The van der Waals surface area contributed by atoms with E-state index in [9.17, 15) is 0 Å². The summed E-state index contributed by atoms with van der Waals surface area (Å²) in [6, 6.07) is 0. The molecule has 1 aromatic heterocycles. The van der Waals surface area contributed by atoms with E-state index in [1.807, 2.05) is 46.9 Å². The fourth-order valence-electron chi connectivity index (χ4n) is 1.21. The second-order valence-electron chi connectivity index (χ2n) is 2.80. The van der Waals surface area contributed by atoms with Gasteiger partial charge in [0.15, 0.2) is 0 Å². The topological polar surface area (TPSA) is 25.8 Å². The minimum atomic E-state index is 0.828. The standard InChI is InChI=1S/C10H10N2.2C2H6/c1-8-11-7-9-5-3-2-4-6-10(9)12-8;2*1-2/h3-7H,2H2,1H3;2*1-2H3. The van der Waals surface area contributed by atoms with Crippen LogP contribution in [0.15, 0.2) is 18.3 Å². The molecule has 0 fully saturated rings. The van der Waals surface area contributed by atoms with Crippen LogP contribution in [-0.4, -0.2) is 9.97 Å². The number of allylic oxidation sites excluding steroid dienone is 2. The number of nitrogens with zero attached hydrogens (tertiary/aromatic N) is 2. The van der Waals surface area contributed by atoms with E-state index in [2.05, 4.69) is 28.2 Å². The van der Waals surface area contributed by atoms with Gasteiger partial charge in [-0.1, -0.05) is 45.9 Å². The van der Waals surface area contributed by atoms with Gasteiger partial charge in [-0.15, -0.1) is 0 Å². The summed E-state index contributed by atoms with van der Waals surface area (Å²) in [5.41, 5.74) is 2.13. The van der Waals surface area contributed by atoms with Crippen molar-refractivity contribution in [1.82, 2.24) is 9.97 Å². The van der Waals surface area contributed by atoms with Crippen LogP contribution < -0.4 is 0 Å². The van der Waals surface area contributed by atoms with Gasteiger partial charge in [-0.05, 0) is 19.4 Å². The minimum absolute atomic E-state index is 0.828. The van der Waals surface area contributed by atoms with Crippen LogP contribution in [0.1, 0.15) is 51.2 Å². The van der Waals surface area contributed by atoms with Gasteiger partial charge in [0.2, 0.25) is 0 Å². The van der Waals surface area contributed by atoms with Crippen molar-refractivity contribution in [3.05, 3.63) is 35.4 Å². The average Bonchev–Trinajstić information content (AvgIpc) is 2.59. The third-order valence-corrected chi connectivity index (χ3v) is 1.81. The van der Waals surface area contributed by atoms with E-state index < -0.39 is 0 Å². The molecule has 0 aliphatic heterocycles. The summed E-state index contributed by atoms with van der Waals surface area (Å²) in [6.07, 6.45) is 11.2. The lowest BCUT2D eigenvalue weighted by Crippen LogP contribution is -1.92. The molecule has 1 aliphatic rings. The number of hydrogen-bond donors (Lipinski definition) is 0. The van der Waals surface area contributed by atoms with Crippen molar-refractivity contribution in [3.63, 3.8) is 0 Å². The summed E-state index contributed by atoms with van der Waals surface area (Å²) in [5, 5.41) is 0. The summed E-state index contributed by atoms with van der Waals surface area (Å²) < 4.78 is 0. The van der Waals surface area contributed by atoms with Crippen molar-refractivity contribution in [3.8, 4) is 0 Å². The Kier molecular flexibility index (Phi) is 8.04. The van der Waals surface area contributed by atoms with Gasteiger partial charge in [-0.2, -0.15) is 0 Å². The van der Waals surface area contributed by atoms with Gasteiger partial charge in [0.1, 0.15) is 5.82 Å². The Hall–Kier alpha value is -1.44. The van der Waals surface area contributed by atoms with E-state index in [0.29, 0.717) is 0 Å². The second-order valence-corrected chi connectivity index (χ2v) is 2.80. The molecule has 1 aromatic rings. The van der Waals surface area contributed by atoms with Gasteiger partial charge in [0, 0.05) is 11.8 Å². The highest BCUT2D eigenvalue weighted by atomic mass is 14.9. The zero-order valence-corrected chi connectivity index (χ0v) is 11.0. The van der Waals surface area contributed by atoms with E-state index in [0.717, 1.165) is 23.5 Å². The first kappa shape index (κ1) is 14.6. The van der Waals surface area contributed by atoms with Crippen LogP contribution in [0.2, 0.25) is 0 Å². The monoisotopic (exact) mass is 218 g/mol. The van der Waals surface area contributed by atoms with Crippen LogP contribution in [0.5, 0.6) is 0 Å². The fourth-order valence-corrected chi connectivity index (χ4v) is 1.21. The molecule has 2 nitrogen and oxygen atoms in total. The smallest absolute Gasteiger partial charge is 0.125 e. The van der Waals surface area contributed by atoms with Crippen LogP contribution in [0.3, 0.4) is 0 Å². The van der Waals surface area contributed by atoms with Crippen molar-refractivity contribution >= 4 is 12.2 Å². The fraction of sp³-hybridized carbons (Fsp3) is 0.429. The number of aryl methyl sites for hydroxylation is 1. The molecule has 0 atom stereocenters. The summed E-state index contributed by atoms with van der Waals surface area (Å²) in [4.78, 5) is 8.46. The first-order valence-electron chi connectivity index (χ1n) is 6.03. The van der Waals surface area contributed by atoms with Crippen molar-refractivity contribution in [1.29, 1.82) is 0 Å². The first-order chi connectivity index (χ1) is 7.86. The Bertz CT molecular complexity index is 352. The quantitative estimate of drug-likeness (QED) is 0.650. The molecule has 88 valence electrons. The van der Waals surface area contributed by atoms with E-state index in [4.69, 9.17) is 0 Å². The van der Waals surface area contributed by atoms with Crippen LogP contribution in [0.4, 0.5) is 0 Å². The minimum Gasteiger partial charge on any atom is -0.241 e. The Morgan fingerprint density at radius 1 is 1.00 bits per heavy atom. The van der Waals surface area contributed by atoms with E-state index in [1.165, 1.54) is 0 Å². The maximum absolute atomic E-state index is 4.32. The van der Waals surface area contributed by atoms with Crippen molar-refractivity contribution in [2.45, 2.75) is 41.0 Å². The summed E-state index contributed by atoms with van der Waals surface area (Å²) in [6.45, 7) is 9.91. The molecule has 0 saturated heterocycles. The maximum atomic E-state index is 4.32. The molecule has 0 unspecified atom stereocenters. The molecule has 1 heterocycles. The SMILES string of the molecule is CC.CC.Cc1ncc2c(n1)C=CCC=C2. The molecule has 2 rings (SSSR count). The third kappa shape index (κ3) is 4.39. The van der Waals surface area contributed by atoms with Crippen molar-refractivity contribution in [2.75, 3.05) is 0 Å². The molecule has 2 heteroatoms.